The number of fused-ring (bicyclic) bond motifs is 1. The number of hydrogen-bond acceptors (Lipinski definition) is 4. The van der Waals surface area contributed by atoms with E-state index >= 15 is 0 Å². The Morgan fingerprint density at radius 1 is 1.05 bits per heavy atom. The smallest absolute Gasteiger partial charge is 0.374 e. The lowest BCUT2D eigenvalue weighted by Gasteiger charge is -2.23. The van der Waals surface area contributed by atoms with Crippen LogP contribution in [-0.2, 0) is 0 Å². The molecule has 0 atom stereocenters. The minimum Gasteiger partial charge on any atom is -0.475 e. The van der Waals surface area contributed by atoms with E-state index in [1.807, 2.05) is 24.3 Å². The number of carboxylic acids is 1. The first-order chi connectivity index (χ1) is 9.75. The number of nitrogens with zero attached hydrogens (tertiary/aromatic N) is 3. The Kier molecular flexibility index (Phi) is 3.50. The highest BCUT2D eigenvalue weighted by atomic mass is 16.4. The van der Waals surface area contributed by atoms with Crippen molar-refractivity contribution in [1.29, 1.82) is 0 Å². The fourth-order valence-electron chi connectivity index (χ4n) is 2.68. The van der Waals surface area contributed by atoms with Gasteiger partial charge in [-0.15, -0.1) is 0 Å². The zero-order valence-corrected chi connectivity index (χ0v) is 11.2. The van der Waals surface area contributed by atoms with Crippen LogP contribution in [0.4, 0.5) is 5.82 Å². The maximum Gasteiger partial charge on any atom is 0.374 e. The van der Waals surface area contributed by atoms with Gasteiger partial charge in [0.1, 0.15) is 5.82 Å². The largest absolute Gasteiger partial charge is 0.475 e. The highest BCUT2D eigenvalue weighted by molar-refractivity contribution is 5.93. The van der Waals surface area contributed by atoms with Crippen LogP contribution in [-0.4, -0.2) is 34.1 Å². The molecule has 0 unspecified atom stereocenters. The third kappa shape index (κ3) is 2.43. The molecule has 1 saturated heterocycles. The summed E-state index contributed by atoms with van der Waals surface area (Å²) in [6.45, 7) is 1.86. The molecule has 0 radical (unpaired) electrons. The Morgan fingerprint density at radius 2 is 1.75 bits per heavy atom. The van der Waals surface area contributed by atoms with Crippen molar-refractivity contribution >= 4 is 22.7 Å². The van der Waals surface area contributed by atoms with Crippen molar-refractivity contribution < 1.29 is 9.90 Å². The lowest BCUT2D eigenvalue weighted by molar-refractivity contribution is 0.0684. The Balaban J connectivity index is 2.13. The van der Waals surface area contributed by atoms with Crippen LogP contribution in [0.15, 0.2) is 24.3 Å². The predicted molar refractivity (Wildman–Crippen MR) is 77.2 cm³/mol. The van der Waals surface area contributed by atoms with Crippen molar-refractivity contribution in [2.75, 3.05) is 18.0 Å². The second-order valence-electron chi connectivity index (χ2n) is 5.09. The Hall–Kier alpha value is -2.17. The van der Waals surface area contributed by atoms with Crippen LogP contribution in [0.25, 0.3) is 10.9 Å². The zero-order valence-electron chi connectivity index (χ0n) is 11.2. The average molecular weight is 271 g/mol. The fourth-order valence-corrected chi connectivity index (χ4v) is 2.68. The van der Waals surface area contributed by atoms with E-state index in [4.69, 9.17) is 0 Å². The van der Waals surface area contributed by atoms with Gasteiger partial charge in [0.15, 0.2) is 0 Å². The highest BCUT2D eigenvalue weighted by Crippen LogP contribution is 2.26. The van der Waals surface area contributed by atoms with E-state index in [1.165, 1.54) is 12.8 Å². The molecule has 0 amide bonds. The van der Waals surface area contributed by atoms with Gasteiger partial charge in [-0.3, -0.25) is 0 Å². The van der Waals surface area contributed by atoms with E-state index in [-0.39, 0.29) is 5.82 Å². The van der Waals surface area contributed by atoms with Crippen LogP contribution in [0.1, 0.15) is 36.3 Å². The minimum absolute atomic E-state index is 0.122. The van der Waals surface area contributed by atoms with Gasteiger partial charge in [0.25, 0.3) is 0 Å². The minimum atomic E-state index is -1.08. The molecule has 0 bridgehead atoms. The van der Waals surface area contributed by atoms with E-state index in [0.717, 1.165) is 37.1 Å². The predicted octanol–water partition coefficient (Wildman–Crippen LogP) is 2.71. The fraction of sp³-hybridized carbons (Fsp3) is 0.400. The Labute approximate surface area is 117 Å². The molecule has 1 fully saturated rings. The molecule has 5 heteroatoms. The summed E-state index contributed by atoms with van der Waals surface area (Å²) < 4.78 is 0. The summed E-state index contributed by atoms with van der Waals surface area (Å²) in [5.41, 5.74) is 0.694. The summed E-state index contributed by atoms with van der Waals surface area (Å²) >= 11 is 0. The van der Waals surface area contributed by atoms with Gasteiger partial charge >= 0.3 is 5.97 Å². The topological polar surface area (TPSA) is 66.3 Å². The first-order valence-corrected chi connectivity index (χ1v) is 7.01. The first kappa shape index (κ1) is 12.8. The molecule has 3 rings (SSSR count). The molecule has 2 heterocycles. The molecule has 0 spiro atoms. The van der Waals surface area contributed by atoms with E-state index in [9.17, 15) is 9.90 Å². The molecule has 1 aromatic carbocycles. The summed E-state index contributed by atoms with van der Waals surface area (Å²) in [7, 11) is 0. The highest BCUT2D eigenvalue weighted by Gasteiger charge is 2.18. The molecule has 104 valence electrons. The lowest BCUT2D eigenvalue weighted by atomic mass is 10.2. The lowest BCUT2D eigenvalue weighted by Crippen LogP contribution is -2.26. The number of aromatic carboxylic acids is 1. The monoisotopic (exact) mass is 271 g/mol. The number of anilines is 1. The first-order valence-electron chi connectivity index (χ1n) is 7.01. The van der Waals surface area contributed by atoms with E-state index in [0.29, 0.717) is 5.52 Å². The van der Waals surface area contributed by atoms with Gasteiger partial charge in [-0.2, -0.15) is 0 Å². The molecule has 1 aliphatic heterocycles. The SMILES string of the molecule is O=C(O)c1nc(N2CCCCCC2)c2ccccc2n1. The van der Waals surface area contributed by atoms with Crippen molar-refractivity contribution in [3.05, 3.63) is 30.1 Å². The van der Waals surface area contributed by atoms with Crippen LogP contribution < -0.4 is 4.90 Å². The van der Waals surface area contributed by atoms with Gasteiger partial charge in [0.2, 0.25) is 5.82 Å². The molecular formula is C15H17N3O2. The normalized spacial score (nSPS) is 16.1. The summed E-state index contributed by atoms with van der Waals surface area (Å²) in [4.78, 5) is 21.8. The number of aromatic nitrogens is 2. The van der Waals surface area contributed by atoms with Crippen LogP contribution in [0, 0.1) is 0 Å². The van der Waals surface area contributed by atoms with Crippen LogP contribution in [0.5, 0.6) is 0 Å². The van der Waals surface area contributed by atoms with Gasteiger partial charge < -0.3 is 10.0 Å². The third-order valence-electron chi connectivity index (χ3n) is 3.68. The number of hydrogen-bond donors (Lipinski definition) is 1. The molecule has 5 nitrogen and oxygen atoms in total. The third-order valence-corrected chi connectivity index (χ3v) is 3.68. The van der Waals surface area contributed by atoms with Gasteiger partial charge in [0.05, 0.1) is 5.52 Å². The van der Waals surface area contributed by atoms with Gasteiger partial charge in [-0.25, -0.2) is 14.8 Å². The molecule has 2 aromatic rings. The summed E-state index contributed by atoms with van der Waals surface area (Å²) in [5.74, 6) is -0.440. The standard InChI is InChI=1S/C15H17N3O2/c19-15(20)13-16-12-8-4-3-7-11(12)14(17-13)18-9-5-1-2-6-10-18/h3-4,7-8H,1-2,5-6,9-10H2,(H,19,20). The van der Waals surface area contributed by atoms with Crippen molar-refractivity contribution in [2.45, 2.75) is 25.7 Å². The zero-order chi connectivity index (χ0) is 13.9. The second kappa shape index (κ2) is 5.45. The molecule has 0 aliphatic carbocycles. The van der Waals surface area contributed by atoms with Crippen molar-refractivity contribution in [3.8, 4) is 0 Å². The second-order valence-corrected chi connectivity index (χ2v) is 5.09. The van der Waals surface area contributed by atoms with E-state index in [1.54, 1.807) is 0 Å². The van der Waals surface area contributed by atoms with Crippen LogP contribution in [0.3, 0.4) is 0 Å². The molecular weight excluding hydrogens is 254 g/mol. The van der Waals surface area contributed by atoms with Gasteiger partial charge in [0, 0.05) is 18.5 Å². The Bertz CT molecular complexity index is 634. The number of carbonyl (C=O) groups is 1. The molecule has 1 aliphatic rings. The van der Waals surface area contributed by atoms with Crippen LogP contribution >= 0.6 is 0 Å². The number of rotatable bonds is 2. The Morgan fingerprint density at radius 3 is 2.45 bits per heavy atom. The summed E-state index contributed by atoms with van der Waals surface area (Å²) in [6.07, 6.45) is 4.71. The van der Waals surface area contributed by atoms with Crippen molar-refractivity contribution in [1.82, 2.24) is 9.97 Å². The molecule has 20 heavy (non-hydrogen) atoms. The van der Waals surface area contributed by atoms with Crippen LogP contribution in [0.2, 0.25) is 0 Å². The molecule has 1 N–H and O–H groups in total. The van der Waals surface area contributed by atoms with Gasteiger partial charge in [-0.05, 0) is 25.0 Å². The quantitative estimate of drug-likeness (QED) is 0.909. The number of carboxylic acid groups (broad SMARTS) is 1. The van der Waals surface area contributed by atoms with Crippen molar-refractivity contribution in [2.24, 2.45) is 0 Å². The molecule has 0 saturated carbocycles. The number of para-hydroxylation sites is 1. The van der Waals surface area contributed by atoms with Crippen molar-refractivity contribution in [3.63, 3.8) is 0 Å². The van der Waals surface area contributed by atoms with E-state index in [2.05, 4.69) is 14.9 Å². The summed E-state index contributed by atoms with van der Waals surface area (Å²) in [6, 6.07) is 7.60. The van der Waals surface area contributed by atoms with Gasteiger partial charge in [-0.1, -0.05) is 25.0 Å². The summed E-state index contributed by atoms with van der Waals surface area (Å²) in [5, 5.41) is 10.1. The maximum atomic E-state index is 11.2. The average Bonchev–Trinajstić information content (AvgIpc) is 2.75. The van der Waals surface area contributed by atoms with E-state index < -0.39 is 5.97 Å². The maximum absolute atomic E-state index is 11.2. The molecule has 1 aromatic heterocycles. The number of benzene rings is 1.